The zero-order valence-electron chi connectivity index (χ0n) is 17.1. The summed E-state index contributed by atoms with van der Waals surface area (Å²) >= 11 is 6.12. The summed E-state index contributed by atoms with van der Waals surface area (Å²) in [6, 6.07) is 13.5. The van der Waals surface area contributed by atoms with Gasteiger partial charge in [0.1, 0.15) is 11.5 Å². The minimum absolute atomic E-state index is 0.0264. The Morgan fingerprint density at radius 1 is 1.17 bits per heavy atom. The summed E-state index contributed by atoms with van der Waals surface area (Å²) in [5.41, 5.74) is 1.99. The van der Waals surface area contributed by atoms with Crippen LogP contribution >= 0.6 is 11.6 Å². The fraction of sp³-hybridized carbons (Fsp3) is 0.435. The Morgan fingerprint density at radius 3 is 2.66 bits per heavy atom. The van der Waals surface area contributed by atoms with Crippen molar-refractivity contribution >= 4 is 23.2 Å². The first-order valence-electron chi connectivity index (χ1n) is 10.1. The van der Waals surface area contributed by atoms with E-state index in [1.54, 1.807) is 32.4 Å². The predicted octanol–water partition coefficient (Wildman–Crippen LogP) is 4.99. The summed E-state index contributed by atoms with van der Waals surface area (Å²) < 4.78 is 10.4. The topological polar surface area (TPSA) is 50.8 Å². The van der Waals surface area contributed by atoms with Gasteiger partial charge in [-0.25, -0.2) is 0 Å². The minimum Gasteiger partial charge on any atom is -0.497 e. The van der Waals surface area contributed by atoms with Gasteiger partial charge in [0.15, 0.2) is 0 Å². The number of nitrogens with zero attached hydrogens (tertiary/aromatic N) is 1. The first-order chi connectivity index (χ1) is 14.1. The average Bonchev–Trinajstić information content (AvgIpc) is 2.73. The van der Waals surface area contributed by atoms with Gasteiger partial charge in [-0.2, -0.15) is 0 Å². The Hall–Kier alpha value is -2.24. The highest BCUT2D eigenvalue weighted by atomic mass is 35.5. The average molecular weight is 417 g/mol. The zero-order valence-corrected chi connectivity index (χ0v) is 17.9. The molecule has 5 nitrogen and oxygen atoms in total. The fourth-order valence-corrected chi connectivity index (χ4v) is 4.08. The minimum atomic E-state index is 0.0264. The van der Waals surface area contributed by atoms with Crippen LogP contribution < -0.4 is 14.8 Å². The normalized spacial score (nSPS) is 17.0. The van der Waals surface area contributed by atoms with Crippen LogP contribution in [-0.4, -0.2) is 38.1 Å². The molecule has 1 N–H and O–H groups in total. The highest BCUT2D eigenvalue weighted by Gasteiger charge is 2.21. The van der Waals surface area contributed by atoms with Crippen molar-refractivity contribution in [3.05, 3.63) is 53.1 Å². The van der Waals surface area contributed by atoms with Crippen LogP contribution in [0.5, 0.6) is 11.5 Å². The van der Waals surface area contributed by atoms with E-state index in [0.29, 0.717) is 28.8 Å². The van der Waals surface area contributed by atoms with Crippen molar-refractivity contribution < 1.29 is 14.3 Å². The maximum absolute atomic E-state index is 12.3. The van der Waals surface area contributed by atoms with E-state index < -0.39 is 0 Å². The molecule has 1 atom stereocenters. The van der Waals surface area contributed by atoms with Crippen LogP contribution in [-0.2, 0) is 11.3 Å². The van der Waals surface area contributed by atoms with Crippen LogP contribution in [0.1, 0.15) is 31.2 Å². The number of likely N-dealkylation sites (tertiary alicyclic amines) is 1. The quantitative estimate of drug-likeness (QED) is 0.658. The van der Waals surface area contributed by atoms with Crippen molar-refractivity contribution in [2.24, 2.45) is 5.92 Å². The molecule has 3 rings (SSSR count). The van der Waals surface area contributed by atoms with Gasteiger partial charge in [-0.05, 0) is 67.6 Å². The molecule has 0 aromatic heterocycles. The number of methoxy groups -OCH3 is 2. The molecule has 0 aliphatic carbocycles. The summed E-state index contributed by atoms with van der Waals surface area (Å²) in [6.45, 7) is 3.09. The van der Waals surface area contributed by atoms with E-state index in [1.807, 2.05) is 12.1 Å². The summed E-state index contributed by atoms with van der Waals surface area (Å²) in [5, 5.41) is 3.42. The second-order valence-corrected chi connectivity index (χ2v) is 7.93. The molecule has 0 saturated carbocycles. The maximum atomic E-state index is 12.3. The fourth-order valence-electron chi connectivity index (χ4n) is 3.82. The number of carbonyl (C=O) groups excluding carboxylic acids is 1. The molecule has 1 aliphatic heterocycles. The molecule has 6 heteroatoms. The van der Waals surface area contributed by atoms with Crippen molar-refractivity contribution in [1.82, 2.24) is 4.90 Å². The number of carbonyl (C=O) groups is 1. The smallest absolute Gasteiger partial charge is 0.224 e. The molecule has 2 aromatic rings. The number of ether oxygens (including phenoxy) is 2. The predicted molar refractivity (Wildman–Crippen MR) is 117 cm³/mol. The third-order valence-electron chi connectivity index (χ3n) is 5.38. The molecule has 2 aromatic carbocycles. The Bertz CT molecular complexity index is 810. The van der Waals surface area contributed by atoms with Crippen LogP contribution in [0.15, 0.2) is 42.5 Å². The summed E-state index contributed by atoms with van der Waals surface area (Å²) in [4.78, 5) is 14.8. The van der Waals surface area contributed by atoms with Gasteiger partial charge >= 0.3 is 0 Å². The zero-order chi connectivity index (χ0) is 20.6. The summed E-state index contributed by atoms with van der Waals surface area (Å²) in [7, 11) is 3.26. The molecule has 1 heterocycles. The number of anilines is 1. The number of benzene rings is 2. The second-order valence-electron chi connectivity index (χ2n) is 7.53. The van der Waals surface area contributed by atoms with Crippen LogP contribution in [0.25, 0.3) is 0 Å². The largest absolute Gasteiger partial charge is 0.497 e. The molecule has 156 valence electrons. The Kier molecular flexibility index (Phi) is 7.78. The lowest BCUT2D eigenvalue weighted by Crippen LogP contribution is -2.35. The van der Waals surface area contributed by atoms with E-state index >= 15 is 0 Å². The van der Waals surface area contributed by atoms with E-state index in [0.717, 1.165) is 31.8 Å². The molecule has 1 aliphatic rings. The second kappa shape index (κ2) is 10.5. The van der Waals surface area contributed by atoms with E-state index in [9.17, 15) is 4.79 Å². The lowest BCUT2D eigenvalue weighted by Gasteiger charge is -2.32. The number of halogens is 1. The van der Waals surface area contributed by atoms with E-state index in [1.165, 1.54) is 18.4 Å². The number of nitrogens with one attached hydrogen (secondary N) is 1. The van der Waals surface area contributed by atoms with E-state index in [4.69, 9.17) is 21.1 Å². The van der Waals surface area contributed by atoms with Crippen molar-refractivity contribution in [3.8, 4) is 11.5 Å². The van der Waals surface area contributed by atoms with Crippen molar-refractivity contribution in [3.63, 3.8) is 0 Å². The standard InChI is InChI=1S/C23H29ClN2O3/c1-28-20-9-5-18(6-10-20)16-26-13-3-4-17(15-26)7-12-23(27)25-19-8-11-22(29-2)21(24)14-19/h5-6,8-11,14,17H,3-4,7,12-13,15-16H2,1-2H3,(H,25,27). The Balaban J connectivity index is 1.45. The van der Waals surface area contributed by atoms with E-state index in [2.05, 4.69) is 22.3 Å². The number of rotatable bonds is 8. The van der Waals surface area contributed by atoms with Crippen LogP contribution in [0, 0.1) is 5.92 Å². The van der Waals surface area contributed by atoms with Gasteiger partial charge in [0, 0.05) is 25.2 Å². The molecule has 0 spiro atoms. The van der Waals surface area contributed by atoms with Gasteiger partial charge in [0.05, 0.1) is 19.2 Å². The highest BCUT2D eigenvalue weighted by Crippen LogP contribution is 2.28. The molecular formula is C23H29ClN2O3. The third-order valence-corrected chi connectivity index (χ3v) is 5.68. The van der Waals surface area contributed by atoms with Gasteiger partial charge in [0.25, 0.3) is 0 Å². The summed E-state index contributed by atoms with van der Waals surface area (Å²) in [5.74, 6) is 2.06. The molecule has 1 unspecified atom stereocenters. The molecule has 1 fully saturated rings. The van der Waals surface area contributed by atoms with Gasteiger partial charge in [-0.15, -0.1) is 0 Å². The number of hydrogen-bond donors (Lipinski definition) is 1. The Morgan fingerprint density at radius 2 is 1.97 bits per heavy atom. The van der Waals surface area contributed by atoms with Gasteiger partial charge in [-0.1, -0.05) is 23.7 Å². The summed E-state index contributed by atoms with van der Waals surface area (Å²) in [6.07, 6.45) is 3.77. The van der Waals surface area contributed by atoms with Crippen LogP contribution in [0.4, 0.5) is 5.69 Å². The van der Waals surface area contributed by atoms with Gasteiger partial charge in [-0.3, -0.25) is 9.69 Å². The first kappa shape index (κ1) is 21.5. The van der Waals surface area contributed by atoms with Crippen LogP contribution in [0.2, 0.25) is 5.02 Å². The van der Waals surface area contributed by atoms with Gasteiger partial charge < -0.3 is 14.8 Å². The van der Waals surface area contributed by atoms with Crippen LogP contribution in [0.3, 0.4) is 0 Å². The Labute approximate surface area is 177 Å². The lowest BCUT2D eigenvalue weighted by molar-refractivity contribution is -0.116. The highest BCUT2D eigenvalue weighted by molar-refractivity contribution is 6.32. The number of hydrogen-bond acceptors (Lipinski definition) is 4. The molecule has 1 saturated heterocycles. The molecule has 0 bridgehead atoms. The molecule has 29 heavy (non-hydrogen) atoms. The molecule has 1 amide bonds. The van der Waals surface area contributed by atoms with Gasteiger partial charge in [0.2, 0.25) is 5.91 Å². The monoisotopic (exact) mass is 416 g/mol. The van der Waals surface area contributed by atoms with E-state index in [-0.39, 0.29) is 5.91 Å². The van der Waals surface area contributed by atoms with Crippen molar-refractivity contribution in [2.45, 2.75) is 32.2 Å². The molecule has 0 radical (unpaired) electrons. The lowest BCUT2D eigenvalue weighted by atomic mass is 9.93. The first-order valence-corrected chi connectivity index (χ1v) is 10.4. The molecular weight excluding hydrogens is 388 g/mol. The number of amides is 1. The maximum Gasteiger partial charge on any atom is 0.224 e. The van der Waals surface area contributed by atoms with Crippen molar-refractivity contribution in [2.75, 3.05) is 32.6 Å². The SMILES string of the molecule is COc1ccc(CN2CCCC(CCC(=O)Nc3ccc(OC)c(Cl)c3)C2)cc1. The number of piperidine rings is 1. The third kappa shape index (κ3) is 6.38. The van der Waals surface area contributed by atoms with Crippen molar-refractivity contribution in [1.29, 1.82) is 0 Å².